The van der Waals surface area contributed by atoms with Gasteiger partial charge in [0, 0.05) is 12.8 Å². The fourth-order valence-electron chi connectivity index (χ4n) is 2.10. The Kier molecular flexibility index (Phi) is 7.98. The van der Waals surface area contributed by atoms with E-state index in [9.17, 15) is 9.59 Å². The number of esters is 1. The Morgan fingerprint density at radius 2 is 1.71 bits per heavy atom. The number of hydrogen-bond donors (Lipinski definition) is 0. The number of benzene rings is 1. The van der Waals surface area contributed by atoms with Crippen LogP contribution in [0.3, 0.4) is 0 Å². The summed E-state index contributed by atoms with van der Waals surface area (Å²) in [5.41, 5.74) is 1.86. The lowest BCUT2D eigenvalue weighted by atomic mass is 10.1. The van der Waals surface area contributed by atoms with Gasteiger partial charge in [-0.15, -0.1) is 0 Å². The minimum Gasteiger partial charge on any atom is -0.497 e. The van der Waals surface area contributed by atoms with Gasteiger partial charge in [0.1, 0.15) is 12.4 Å². The maximum atomic E-state index is 12.4. The Morgan fingerprint density at radius 1 is 1.08 bits per heavy atom. The Hall–Kier alpha value is -2.34. The van der Waals surface area contributed by atoms with Crippen LogP contribution in [0.15, 0.2) is 35.5 Å². The minimum absolute atomic E-state index is 0.0659. The molecule has 0 radical (unpaired) electrons. The predicted molar refractivity (Wildman–Crippen MR) is 90.4 cm³/mol. The summed E-state index contributed by atoms with van der Waals surface area (Å²) >= 11 is 0. The molecular weight excluding hydrogens is 310 g/mol. The van der Waals surface area contributed by atoms with Crippen molar-refractivity contribution in [1.82, 2.24) is 4.90 Å². The molecule has 1 rings (SSSR count). The number of amides is 1. The monoisotopic (exact) mass is 335 g/mol. The molecule has 0 atom stereocenters. The van der Waals surface area contributed by atoms with E-state index >= 15 is 0 Å². The van der Waals surface area contributed by atoms with Crippen LogP contribution in [0.4, 0.5) is 0 Å². The van der Waals surface area contributed by atoms with Gasteiger partial charge in [-0.3, -0.25) is 4.79 Å². The van der Waals surface area contributed by atoms with Crippen molar-refractivity contribution in [2.45, 2.75) is 27.3 Å². The van der Waals surface area contributed by atoms with Gasteiger partial charge in [0.25, 0.3) is 5.91 Å². The summed E-state index contributed by atoms with van der Waals surface area (Å²) in [5, 5.41) is 0. The maximum absolute atomic E-state index is 12.4. The average Bonchev–Trinajstić information content (AvgIpc) is 2.59. The van der Waals surface area contributed by atoms with Crippen molar-refractivity contribution in [2.75, 3.05) is 27.4 Å². The fraction of sp³-hybridized carbons (Fsp3) is 0.444. The molecular formula is C18H25NO5. The Bertz CT molecular complexity index is 592. The van der Waals surface area contributed by atoms with Crippen LogP contribution in [0.1, 0.15) is 26.3 Å². The van der Waals surface area contributed by atoms with Gasteiger partial charge < -0.3 is 19.1 Å². The van der Waals surface area contributed by atoms with Gasteiger partial charge in [-0.05, 0) is 38.5 Å². The van der Waals surface area contributed by atoms with Crippen molar-refractivity contribution in [3.05, 3.63) is 41.1 Å². The molecule has 0 aliphatic rings. The van der Waals surface area contributed by atoms with Crippen molar-refractivity contribution in [2.24, 2.45) is 0 Å². The number of nitrogens with zero attached hydrogens (tertiary/aromatic N) is 1. The standard InChI is InChI=1S/C18H25NO5/c1-6-24-18(21)13(2)14(3)19(17(20)12-22-4)11-15-7-9-16(23-5)10-8-15/h7-10H,6,11-12H2,1-5H3/b14-13-. The Morgan fingerprint density at radius 3 is 2.21 bits per heavy atom. The van der Waals surface area contributed by atoms with Gasteiger partial charge in [0.05, 0.1) is 25.8 Å². The van der Waals surface area contributed by atoms with Crippen molar-refractivity contribution in [3.63, 3.8) is 0 Å². The molecule has 6 nitrogen and oxygen atoms in total. The molecule has 0 unspecified atom stereocenters. The topological polar surface area (TPSA) is 65.1 Å². The molecule has 0 fully saturated rings. The zero-order valence-electron chi connectivity index (χ0n) is 14.9. The second-order valence-electron chi connectivity index (χ2n) is 5.19. The number of carbonyl (C=O) groups is 2. The van der Waals surface area contributed by atoms with Gasteiger partial charge >= 0.3 is 5.97 Å². The molecule has 0 aliphatic heterocycles. The quantitative estimate of drug-likeness (QED) is 0.539. The molecule has 1 amide bonds. The van der Waals surface area contributed by atoms with Crippen molar-refractivity contribution < 1.29 is 23.8 Å². The molecule has 24 heavy (non-hydrogen) atoms. The number of carbonyl (C=O) groups excluding carboxylic acids is 2. The van der Waals surface area contributed by atoms with E-state index in [0.717, 1.165) is 11.3 Å². The predicted octanol–water partition coefficient (Wildman–Crippen LogP) is 2.53. The van der Waals surface area contributed by atoms with E-state index in [1.807, 2.05) is 24.3 Å². The van der Waals surface area contributed by atoms with Crippen LogP contribution in [0.5, 0.6) is 5.75 Å². The lowest BCUT2D eigenvalue weighted by Gasteiger charge is -2.25. The molecule has 0 aliphatic carbocycles. The highest BCUT2D eigenvalue weighted by Gasteiger charge is 2.20. The third-order valence-electron chi connectivity index (χ3n) is 3.60. The fourth-order valence-corrected chi connectivity index (χ4v) is 2.10. The van der Waals surface area contributed by atoms with Gasteiger partial charge in [0.2, 0.25) is 0 Å². The van der Waals surface area contributed by atoms with Crippen molar-refractivity contribution in [1.29, 1.82) is 0 Å². The van der Waals surface area contributed by atoms with Crippen LogP contribution in [-0.4, -0.2) is 44.2 Å². The molecule has 0 bridgehead atoms. The van der Waals surface area contributed by atoms with Gasteiger partial charge in [-0.2, -0.15) is 0 Å². The molecule has 132 valence electrons. The lowest BCUT2D eigenvalue weighted by molar-refractivity contribution is -0.138. The molecule has 0 saturated heterocycles. The summed E-state index contributed by atoms with van der Waals surface area (Å²) in [6, 6.07) is 7.40. The van der Waals surface area contributed by atoms with Crippen LogP contribution in [0, 0.1) is 0 Å². The Balaban J connectivity index is 3.08. The first-order chi connectivity index (χ1) is 11.4. The van der Waals surface area contributed by atoms with E-state index < -0.39 is 5.97 Å². The zero-order chi connectivity index (χ0) is 18.1. The third kappa shape index (κ3) is 5.38. The summed E-state index contributed by atoms with van der Waals surface area (Å²) in [4.78, 5) is 25.9. The Labute approximate surface area is 143 Å². The lowest BCUT2D eigenvalue weighted by Crippen LogP contribution is -2.33. The molecule has 1 aromatic carbocycles. The average molecular weight is 335 g/mol. The van der Waals surface area contributed by atoms with Gasteiger partial charge in [0.15, 0.2) is 0 Å². The summed E-state index contributed by atoms with van der Waals surface area (Å²) < 4.78 is 15.1. The first-order valence-electron chi connectivity index (χ1n) is 7.71. The molecule has 0 aromatic heterocycles. The van der Waals surface area contributed by atoms with Crippen LogP contribution in [-0.2, 0) is 25.6 Å². The third-order valence-corrected chi connectivity index (χ3v) is 3.60. The molecule has 0 spiro atoms. The second-order valence-corrected chi connectivity index (χ2v) is 5.19. The highest BCUT2D eigenvalue weighted by molar-refractivity contribution is 5.90. The smallest absolute Gasteiger partial charge is 0.335 e. The zero-order valence-corrected chi connectivity index (χ0v) is 14.9. The number of allylic oxidation sites excluding steroid dienone is 1. The summed E-state index contributed by atoms with van der Waals surface area (Å²) in [6.45, 7) is 5.66. The number of rotatable bonds is 8. The highest BCUT2D eigenvalue weighted by Crippen LogP contribution is 2.18. The summed E-state index contributed by atoms with van der Waals surface area (Å²) in [6.07, 6.45) is 0. The normalized spacial score (nSPS) is 11.5. The largest absolute Gasteiger partial charge is 0.497 e. The number of methoxy groups -OCH3 is 2. The summed E-state index contributed by atoms with van der Waals surface area (Å²) in [7, 11) is 3.06. The highest BCUT2D eigenvalue weighted by atomic mass is 16.5. The van der Waals surface area contributed by atoms with Crippen LogP contribution < -0.4 is 4.74 Å². The summed E-state index contributed by atoms with van der Waals surface area (Å²) in [5.74, 6) is 0.0814. The van der Waals surface area contributed by atoms with E-state index in [4.69, 9.17) is 14.2 Å². The molecule has 0 saturated carbocycles. The van der Waals surface area contributed by atoms with Crippen LogP contribution in [0.25, 0.3) is 0 Å². The van der Waals surface area contributed by atoms with Crippen LogP contribution >= 0.6 is 0 Å². The van der Waals surface area contributed by atoms with Crippen molar-refractivity contribution in [3.8, 4) is 5.75 Å². The first-order valence-corrected chi connectivity index (χ1v) is 7.71. The van der Waals surface area contributed by atoms with E-state index in [1.54, 1.807) is 27.9 Å². The van der Waals surface area contributed by atoms with Crippen LogP contribution in [0.2, 0.25) is 0 Å². The first kappa shape index (κ1) is 19.7. The maximum Gasteiger partial charge on any atom is 0.335 e. The minimum atomic E-state index is -0.431. The van der Waals surface area contributed by atoms with E-state index in [2.05, 4.69) is 0 Å². The van der Waals surface area contributed by atoms with Crippen molar-refractivity contribution >= 4 is 11.9 Å². The molecule has 6 heteroatoms. The molecule has 0 heterocycles. The molecule has 0 N–H and O–H groups in total. The van der Waals surface area contributed by atoms with E-state index in [0.29, 0.717) is 17.8 Å². The van der Waals surface area contributed by atoms with E-state index in [1.165, 1.54) is 12.0 Å². The van der Waals surface area contributed by atoms with Gasteiger partial charge in [-0.25, -0.2) is 4.79 Å². The number of ether oxygens (including phenoxy) is 3. The molecule has 1 aromatic rings. The number of hydrogen-bond acceptors (Lipinski definition) is 5. The second kappa shape index (κ2) is 9.72. The SMILES string of the molecule is CCOC(=O)/C(C)=C(/C)N(Cc1ccc(OC)cc1)C(=O)COC. The van der Waals surface area contributed by atoms with E-state index in [-0.39, 0.29) is 19.1 Å². The van der Waals surface area contributed by atoms with Gasteiger partial charge in [-0.1, -0.05) is 12.1 Å².